The summed E-state index contributed by atoms with van der Waals surface area (Å²) >= 11 is 0. The fourth-order valence-corrected chi connectivity index (χ4v) is 3.87. The van der Waals surface area contributed by atoms with Gasteiger partial charge in [0, 0.05) is 32.2 Å². The zero-order chi connectivity index (χ0) is 14.4. The van der Waals surface area contributed by atoms with Crippen LogP contribution in [0.2, 0.25) is 0 Å². The highest BCUT2D eigenvalue weighted by molar-refractivity contribution is 5.32. The normalized spacial score (nSPS) is 28.9. The molecule has 0 radical (unpaired) electrons. The van der Waals surface area contributed by atoms with Gasteiger partial charge in [0.05, 0.1) is 11.2 Å². The van der Waals surface area contributed by atoms with Crippen molar-refractivity contribution in [1.29, 1.82) is 0 Å². The maximum Gasteiger partial charge on any atom is 0.0761 e. The Morgan fingerprint density at radius 1 is 1.10 bits per heavy atom. The van der Waals surface area contributed by atoms with E-state index < -0.39 is 0 Å². The van der Waals surface area contributed by atoms with E-state index in [1.54, 1.807) is 0 Å². The van der Waals surface area contributed by atoms with E-state index in [0.717, 1.165) is 26.2 Å². The van der Waals surface area contributed by atoms with Gasteiger partial charge in [0.2, 0.25) is 0 Å². The van der Waals surface area contributed by atoms with Crippen molar-refractivity contribution in [3.8, 4) is 0 Å². The number of nitrogens with zero attached hydrogens (tertiary/aromatic N) is 1. The Labute approximate surface area is 122 Å². The molecule has 1 N–H and O–H groups in total. The van der Waals surface area contributed by atoms with Crippen molar-refractivity contribution in [2.45, 2.75) is 51.5 Å². The minimum absolute atomic E-state index is 0.0891. The van der Waals surface area contributed by atoms with Crippen LogP contribution in [0.3, 0.4) is 0 Å². The summed E-state index contributed by atoms with van der Waals surface area (Å²) in [4.78, 5) is 2.59. The van der Waals surface area contributed by atoms with E-state index in [9.17, 15) is 0 Å². The molecule has 3 nitrogen and oxygen atoms in total. The molecular weight excluding hydrogens is 248 g/mol. The van der Waals surface area contributed by atoms with E-state index in [0.29, 0.717) is 6.04 Å². The van der Waals surface area contributed by atoms with Crippen molar-refractivity contribution in [2.24, 2.45) is 0 Å². The Hall–Kier alpha value is -0.900. The predicted molar refractivity (Wildman–Crippen MR) is 81.7 cm³/mol. The van der Waals surface area contributed by atoms with Crippen LogP contribution in [0.5, 0.6) is 0 Å². The standard InChI is InChI=1S/C17H26N2O/c1-16(2)11-19(12-17(3,4)20-16)15-10-18-9-13-7-5-6-8-14(13)15/h5-8,15,18H,9-12H2,1-4H3. The van der Waals surface area contributed by atoms with Crippen LogP contribution in [0.4, 0.5) is 0 Å². The van der Waals surface area contributed by atoms with E-state index in [4.69, 9.17) is 4.74 Å². The molecule has 1 fully saturated rings. The van der Waals surface area contributed by atoms with Gasteiger partial charge in [-0.2, -0.15) is 0 Å². The van der Waals surface area contributed by atoms with Crippen molar-refractivity contribution >= 4 is 0 Å². The molecule has 20 heavy (non-hydrogen) atoms. The minimum Gasteiger partial charge on any atom is -0.367 e. The number of nitrogens with one attached hydrogen (secondary N) is 1. The van der Waals surface area contributed by atoms with E-state index >= 15 is 0 Å². The molecule has 1 aromatic rings. The molecule has 2 heterocycles. The van der Waals surface area contributed by atoms with E-state index in [-0.39, 0.29) is 11.2 Å². The van der Waals surface area contributed by atoms with E-state index in [2.05, 4.69) is 62.2 Å². The fourth-order valence-electron chi connectivity index (χ4n) is 3.87. The zero-order valence-corrected chi connectivity index (χ0v) is 13.1. The smallest absolute Gasteiger partial charge is 0.0761 e. The molecule has 3 heteroatoms. The van der Waals surface area contributed by atoms with Crippen molar-refractivity contribution in [3.63, 3.8) is 0 Å². The monoisotopic (exact) mass is 274 g/mol. The molecule has 1 saturated heterocycles. The Bertz CT molecular complexity index is 480. The van der Waals surface area contributed by atoms with Gasteiger partial charge >= 0.3 is 0 Å². The van der Waals surface area contributed by atoms with Gasteiger partial charge in [0.1, 0.15) is 0 Å². The summed E-state index contributed by atoms with van der Waals surface area (Å²) in [5.74, 6) is 0. The largest absolute Gasteiger partial charge is 0.367 e. The summed E-state index contributed by atoms with van der Waals surface area (Å²) in [5.41, 5.74) is 2.74. The Balaban J connectivity index is 1.90. The number of fused-ring (bicyclic) bond motifs is 1. The summed E-state index contributed by atoms with van der Waals surface area (Å²) in [6, 6.07) is 9.29. The highest BCUT2D eigenvalue weighted by Crippen LogP contribution is 2.35. The van der Waals surface area contributed by atoms with Crippen molar-refractivity contribution in [2.75, 3.05) is 19.6 Å². The first kappa shape index (κ1) is 14.1. The molecule has 110 valence electrons. The van der Waals surface area contributed by atoms with Crippen molar-refractivity contribution in [3.05, 3.63) is 35.4 Å². The molecule has 0 amide bonds. The van der Waals surface area contributed by atoms with Crippen LogP contribution in [-0.4, -0.2) is 35.7 Å². The highest BCUT2D eigenvalue weighted by atomic mass is 16.5. The quantitative estimate of drug-likeness (QED) is 0.852. The molecule has 1 aromatic carbocycles. The first-order valence-corrected chi connectivity index (χ1v) is 7.59. The molecule has 0 aliphatic carbocycles. The topological polar surface area (TPSA) is 24.5 Å². The number of morpholine rings is 1. The first-order chi connectivity index (χ1) is 9.36. The second-order valence-electron chi connectivity index (χ2n) is 7.37. The van der Waals surface area contributed by atoms with Crippen LogP contribution in [-0.2, 0) is 11.3 Å². The average Bonchev–Trinajstić information content (AvgIpc) is 2.34. The molecule has 1 atom stereocenters. The van der Waals surface area contributed by atoms with Crippen LogP contribution >= 0.6 is 0 Å². The summed E-state index contributed by atoms with van der Waals surface area (Å²) in [6.07, 6.45) is 0. The van der Waals surface area contributed by atoms with Gasteiger partial charge in [0.15, 0.2) is 0 Å². The lowest BCUT2D eigenvalue weighted by molar-refractivity contribution is -0.188. The second kappa shape index (κ2) is 4.83. The Kier molecular flexibility index (Phi) is 3.39. The van der Waals surface area contributed by atoms with Gasteiger partial charge in [-0.05, 0) is 38.8 Å². The third-order valence-electron chi connectivity index (χ3n) is 4.23. The molecule has 2 aliphatic rings. The molecular formula is C17H26N2O. The molecule has 0 aromatic heterocycles. The fraction of sp³-hybridized carbons (Fsp3) is 0.647. The molecule has 0 bridgehead atoms. The molecule has 2 aliphatic heterocycles. The lowest BCUT2D eigenvalue weighted by atomic mass is 9.91. The molecule has 0 spiro atoms. The summed E-state index contributed by atoms with van der Waals surface area (Å²) in [5, 5.41) is 3.56. The average molecular weight is 274 g/mol. The number of ether oxygens (including phenoxy) is 1. The van der Waals surface area contributed by atoms with Gasteiger partial charge in [-0.25, -0.2) is 0 Å². The lowest BCUT2D eigenvalue weighted by Crippen LogP contribution is -2.59. The highest BCUT2D eigenvalue weighted by Gasteiger charge is 2.41. The third kappa shape index (κ3) is 2.76. The van der Waals surface area contributed by atoms with Gasteiger partial charge < -0.3 is 10.1 Å². The van der Waals surface area contributed by atoms with Crippen LogP contribution in [0.25, 0.3) is 0 Å². The molecule has 3 rings (SSSR count). The van der Waals surface area contributed by atoms with Gasteiger partial charge in [0.25, 0.3) is 0 Å². The molecule has 1 unspecified atom stereocenters. The van der Waals surface area contributed by atoms with Gasteiger partial charge in [-0.1, -0.05) is 24.3 Å². The van der Waals surface area contributed by atoms with Gasteiger partial charge in [-0.3, -0.25) is 4.90 Å². The Morgan fingerprint density at radius 2 is 1.75 bits per heavy atom. The number of hydrogen-bond acceptors (Lipinski definition) is 3. The number of hydrogen-bond donors (Lipinski definition) is 1. The number of rotatable bonds is 1. The van der Waals surface area contributed by atoms with Crippen molar-refractivity contribution in [1.82, 2.24) is 10.2 Å². The van der Waals surface area contributed by atoms with Crippen molar-refractivity contribution < 1.29 is 4.74 Å². The number of benzene rings is 1. The van der Waals surface area contributed by atoms with Crippen LogP contribution in [0.1, 0.15) is 44.9 Å². The SMILES string of the molecule is CC1(C)CN(C2CNCc3ccccc32)CC(C)(C)O1. The Morgan fingerprint density at radius 3 is 2.45 bits per heavy atom. The van der Waals surface area contributed by atoms with E-state index in [1.165, 1.54) is 11.1 Å². The maximum absolute atomic E-state index is 6.21. The molecule has 0 saturated carbocycles. The lowest BCUT2D eigenvalue weighted by Gasteiger charge is -2.50. The summed E-state index contributed by atoms with van der Waals surface area (Å²) < 4.78 is 6.21. The van der Waals surface area contributed by atoms with E-state index in [1.807, 2.05) is 0 Å². The minimum atomic E-state index is -0.0891. The third-order valence-corrected chi connectivity index (χ3v) is 4.23. The maximum atomic E-state index is 6.21. The van der Waals surface area contributed by atoms with Gasteiger partial charge in [-0.15, -0.1) is 0 Å². The van der Waals surface area contributed by atoms with Crippen LogP contribution in [0.15, 0.2) is 24.3 Å². The zero-order valence-electron chi connectivity index (χ0n) is 13.1. The van der Waals surface area contributed by atoms with Crippen LogP contribution in [0, 0.1) is 0 Å². The predicted octanol–water partition coefficient (Wildman–Crippen LogP) is 2.72. The van der Waals surface area contributed by atoms with Crippen LogP contribution < -0.4 is 5.32 Å². The first-order valence-electron chi connectivity index (χ1n) is 7.59. The second-order valence-corrected chi connectivity index (χ2v) is 7.37. The summed E-state index contributed by atoms with van der Waals surface area (Å²) in [7, 11) is 0. The summed E-state index contributed by atoms with van der Waals surface area (Å²) in [6.45, 7) is 12.8.